The number of rotatable bonds is 3. The lowest BCUT2D eigenvalue weighted by Gasteiger charge is -2.05. The van der Waals surface area contributed by atoms with Crippen molar-refractivity contribution in [1.82, 2.24) is 20.6 Å². The second kappa shape index (κ2) is 8.70. The predicted octanol–water partition coefficient (Wildman–Crippen LogP) is 3.33. The van der Waals surface area contributed by atoms with Crippen LogP contribution in [0.2, 0.25) is 0 Å². The number of H-pyrrole nitrogens is 1. The Morgan fingerprint density at radius 2 is 2.04 bits per heavy atom. The number of benzene rings is 1. The normalized spacial score (nSPS) is 14.3. The summed E-state index contributed by atoms with van der Waals surface area (Å²) in [5.41, 5.74) is 4.38. The molecule has 0 bridgehead atoms. The first-order valence-corrected chi connectivity index (χ1v) is 8.02. The van der Waals surface area contributed by atoms with Crippen LogP contribution in [0.15, 0.2) is 59.5 Å². The average Bonchev–Trinajstić information content (AvgIpc) is 3.18. The highest BCUT2D eigenvalue weighted by molar-refractivity contribution is 6.14. The first-order chi connectivity index (χ1) is 12.2. The van der Waals surface area contributed by atoms with E-state index in [1.165, 1.54) is 5.56 Å². The Hall–Kier alpha value is -2.83. The molecule has 8 heteroatoms. The quantitative estimate of drug-likeness (QED) is 0.586. The van der Waals surface area contributed by atoms with E-state index >= 15 is 0 Å². The molecule has 0 aliphatic carbocycles. The second-order valence-corrected chi connectivity index (χ2v) is 5.93. The molecule has 1 aliphatic heterocycles. The number of aromatic amines is 1. The SMILES string of the molecule is Cc1cccc(CNC2=N/C(=C\c3c[nH]c4ncccc34)C(=O)N2)c1.Cl.Cl. The van der Waals surface area contributed by atoms with Crippen LogP contribution in [0.3, 0.4) is 0 Å². The Balaban J connectivity index is 0.00000131. The first-order valence-electron chi connectivity index (χ1n) is 8.02. The average molecular weight is 404 g/mol. The molecule has 27 heavy (non-hydrogen) atoms. The van der Waals surface area contributed by atoms with Gasteiger partial charge in [0.05, 0.1) is 0 Å². The summed E-state index contributed by atoms with van der Waals surface area (Å²) in [6.07, 6.45) is 5.31. The van der Waals surface area contributed by atoms with E-state index < -0.39 is 0 Å². The maximum absolute atomic E-state index is 12.2. The second-order valence-electron chi connectivity index (χ2n) is 5.93. The van der Waals surface area contributed by atoms with Crippen molar-refractivity contribution in [1.29, 1.82) is 0 Å². The van der Waals surface area contributed by atoms with Gasteiger partial charge in [-0.25, -0.2) is 9.98 Å². The minimum absolute atomic E-state index is 0. The topological polar surface area (TPSA) is 82.2 Å². The zero-order chi connectivity index (χ0) is 17.2. The number of carbonyl (C=O) groups is 1. The fraction of sp³-hybridized carbons (Fsp3) is 0.105. The van der Waals surface area contributed by atoms with E-state index in [4.69, 9.17) is 0 Å². The molecule has 2 aromatic heterocycles. The number of carbonyl (C=O) groups excluding carboxylic acids is 1. The molecule has 0 saturated heterocycles. The third-order valence-corrected chi connectivity index (χ3v) is 4.01. The molecule has 6 nitrogen and oxygen atoms in total. The number of hydrogen-bond donors (Lipinski definition) is 3. The Morgan fingerprint density at radius 1 is 1.19 bits per heavy atom. The number of halogens is 2. The van der Waals surface area contributed by atoms with E-state index in [2.05, 4.69) is 44.7 Å². The van der Waals surface area contributed by atoms with Crippen molar-refractivity contribution in [2.45, 2.75) is 13.5 Å². The minimum atomic E-state index is -0.218. The molecule has 0 saturated carbocycles. The first kappa shape index (κ1) is 20.5. The zero-order valence-corrected chi connectivity index (χ0v) is 16.2. The molecule has 1 amide bonds. The van der Waals surface area contributed by atoms with E-state index in [0.29, 0.717) is 18.2 Å². The maximum atomic E-state index is 12.2. The number of aromatic nitrogens is 2. The van der Waals surface area contributed by atoms with E-state index in [0.717, 1.165) is 22.2 Å². The molecule has 140 valence electrons. The van der Waals surface area contributed by atoms with Gasteiger partial charge in [-0.15, -0.1) is 24.8 Å². The fourth-order valence-corrected chi connectivity index (χ4v) is 2.80. The predicted molar refractivity (Wildman–Crippen MR) is 112 cm³/mol. The van der Waals surface area contributed by atoms with Gasteiger partial charge in [-0.1, -0.05) is 29.8 Å². The van der Waals surface area contributed by atoms with Crippen LogP contribution in [0, 0.1) is 6.92 Å². The molecule has 1 aromatic carbocycles. The fourth-order valence-electron chi connectivity index (χ4n) is 2.80. The molecule has 0 unspecified atom stereocenters. The summed E-state index contributed by atoms with van der Waals surface area (Å²) in [5.74, 6) is 0.251. The number of guanidine groups is 1. The number of aryl methyl sites for hydroxylation is 1. The van der Waals surface area contributed by atoms with Gasteiger partial charge in [-0.3, -0.25) is 10.1 Å². The summed E-state index contributed by atoms with van der Waals surface area (Å²) >= 11 is 0. The highest BCUT2D eigenvalue weighted by Gasteiger charge is 2.20. The van der Waals surface area contributed by atoms with Gasteiger partial charge in [-0.2, -0.15) is 0 Å². The largest absolute Gasteiger partial charge is 0.352 e. The maximum Gasteiger partial charge on any atom is 0.276 e. The van der Waals surface area contributed by atoms with E-state index in [1.807, 2.05) is 30.5 Å². The molecule has 0 atom stereocenters. The van der Waals surface area contributed by atoms with Crippen LogP contribution in [0.1, 0.15) is 16.7 Å². The van der Waals surface area contributed by atoms with Gasteiger partial charge < -0.3 is 10.3 Å². The number of nitrogens with zero attached hydrogens (tertiary/aromatic N) is 2. The van der Waals surface area contributed by atoms with Crippen LogP contribution in [0.5, 0.6) is 0 Å². The monoisotopic (exact) mass is 403 g/mol. The van der Waals surface area contributed by atoms with Crippen LogP contribution in [0.25, 0.3) is 17.1 Å². The van der Waals surface area contributed by atoms with Gasteiger partial charge in [0, 0.05) is 29.9 Å². The molecule has 0 radical (unpaired) electrons. The van der Waals surface area contributed by atoms with Gasteiger partial charge in [0.25, 0.3) is 5.91 Å². The van der Waals surface area contributed by atoms with Gasteiger partial charge in [0.2, 0.25) is 5.96 Å². The Bertz CT molecular complexity index is 1030. The van der Waals surface area contributed by atoms with Crippen molar-refractivity contribution in [3.63, 3.8) is 0 Å². The molecule has 3 heterocycles. The van der Waals surface area contributed by atoms with E-state index in [-0.39, 0.29) is 30.7 Å². The van der Waals surface area contributed by atoms with Crippen molar-refractivity contribution in [2.24, 2.45) is 4.99 Å². The lowest BCUT2D eigenvalue weighted by Crippen LogP contribution is -2.35. The standard InChI is InChI=1S/C19H17N5O.2ClH/c1-12-4-2-5-13(8-12)10-22-19-23-16(18(25)24-19)9-14-11-21-17-15(14)6-3-7-20-17;;/h2-9,11H,10H2,1H3,(H,20,21)(H2,22,23,24,25);2*1H/b16-9-;;. The highest BCUT2D eigenvalue weighted by atomic mass is 35.5. The molecular formula is C19H19Cl2N5O. The molecule has 3 N–H and O–H groups in total. The zero-order valence-electron chi connectivity index (χ0n) is 14.5. The summed E-state index contributed by atoms with van der Waals surface area (Å²) in [7, 11) is 0. The molecule has 4 rings (SSSR count). The summed E-state index contributed by atoms with van der Waals surface area (Å²) in [4.78, 5) is 23.8. The summed E-state index contributed by atoms with van der Waals surface area (Å²) in [6, 6.07) is 12.0. The number of nitrogens with one attached hydrogen (secondary N) is 3. The van der Waals surface area contributed by atoms with Gasteiger partial charge in [0.1, 0.15) is 11.3 Å². The Morgan fingerprint density at radius 3 is 2.85 bits per heavy atom. The molecular weight excluding hydrogens is 385 g/mol. The van der Waals surface area contributed by atoms with Crippen LogP contribution in [-0.2, 0) is 11.3 Å². The summed E-state index contributed by atoms with van der Waals surface area (Å²) < 4.78 is 0. The van der Waals surface area contributed by atoms with Crippen molar-refractivity contribution in [3.8, 4) is 0 Å². The third-order valence-electron chi connectivity index (χ3n) is 4.01. The molecule has 1 aliphatic rings. The van der Waals surface area contributed by atoms with Crippen LogP contribution < -0.4 is 10.6 Å². The van der Waals surface area contributed by atoms with Crippen LogP contribution in [-0.4, -0.2) is 21.8 Å². The Labute approximate surface area is 169 Å². The third kappa shape index (κ3) is 4.48. The lowest BCUT2D eigenvalue weighted by atomic mass is 10.1. The highest BCUT2D eigenvalue weighted by Crippen LogP contribution is 2.20. The van der Waals surface area contributed by atoms with Crippen molar-refractivity contribution in [3.05, 3.63) is 71.2 Å². The number of amides is 1. The molecule has 0 spiro atoms. The van der Waals surface area contributed by atoms with Crippen molar-refractivity contribution < 1.29 is 4.79 Å². The molecule has 3 aromatic rings. The summed E-state index contributed by atoms with van der Waals surface area (Å²) in [5, 5.41) is 6.87. The summed E-state index contributed by atoms with van der Waals surface area (Å²) in [6.45, 7) is 2.65. The Kier molecular flexibility index (Phi) is 6.60. The van der Waals surface area contributed by atoms with Gasteiger partial charge in [-0.05, 0) is 30.7 Å². The van der Waals surface area contributed by atoms with E-state index in [9.17, 15) is 4.79 Å². The van der Waals surface area contributed by atoms with Crippen molar-refractivity contribution in [2.75, 3.05) is 0 Å². The minimum Gasteiger partial charge on any atom is -0.352 e. The number of pyridine rings is 1. The van der Waals surface area contributed by atoms with Gasteiger partial charge >= 0.3 is 0 Å². The van der Waals surface area contributed by atoms with E-state index in [1.54, 1.807) is 12.3 Å². The number of fused-ring (bicyclic) bond motifs is 1. The van der Waals surface area contributed by atoms with Gasteiger partial charge in [0.15, 0.2) is 0 Å². The molecule has 0 fully saturated rings. The van der Waals surface area contributed by atoms with Crippen molar-refractivity contribution >= 4 is 53.8 Å². The number of aliphatic imine (C=N–C) groups is 1. The van der Waals surface area contributed by atoms with Crippen LogP contribution >= 0.6 is 24.8 Å². The smallest absolute Gasteiger partial charge is 0.276 e. The van der Waals surface area contributed by atoms with Crippen LogP contribution in [0.4, 0.5) is 0 Å². The lowest BCUT2D eigenvalue weighted by molar-refractivity contribution is -0.115. The number of hydrogen-bond acceptors (Lipinski definition) is 4.